The van der Waals surface area contributed by atoms with Gasteiger partial charge >= 0.3 is 0 Å². The summed E-state index contributed by atoms with van der Waals surface area (Å²) in [5, 5.41) is 0. The summed E-state index contributed by atoms with van der Waals surface area (Å²) in [6.45, 7) is 0. The van der Waals surface area contributed by atoms with Crippen LogP contribution < -0.4 is 0 Å². The second-order valence-electron chi connectivity index (χ2n) is 5.72. The Morgan fingerprint density at radius 2 is 1.36 bits per heavy atom. The number of rotatable bonds is 12. The van der Waals surface area contributed by atoms with Crippen LogP contribution in [0.15, 0.2) is 36.4 Å². The molecule has 1 aromatic carbocycles. The van der Waals surface area contributed by atoms with Gasteiger partial charge in [-0.15, -0.1) is 0 Å². The molecule has 0 saturated heterocycles. The molecule has 0 radical (unpaired) electrons. The predicted molar refractivity (Wildman–Crippen MR) is 93.4 cm³/mol. The van der Waals surface area contributed by atoms with Gasteiger partial charge in [-0.05, 0) is 24.8 Å². The van der Waals surface area contributed by atoms with Gasteiger partial charge in [0.1, 0.15) is 0 Å². The molecular formula is C18H28O3S. The fourth-order valence-corrected chi connectivity index (χ4v) is 2.96. The van der Waals surface area contributed by atoms with E-state index in [1.54, 1.807) is 0 Å². The number of hydrogen-bond donors (Lipinski definition) is 1. The van der Waals surface area contributed by atoms with Gasteiger partial charge in [0.05, 0.1) is 5.75 Å². The van der Waals surface area contributed by atoms with Gasteiger partial charge in [0.2, 0.25) is 0 Å². The molecule has 0 aromatic heterocycles. The Balaban J connectivity index is 1.87. The summed E-state index contributed by atoms with van der Waals surface area (Å²) in [5.41, 5.74) is 1.26. The molecule has 0 aliphatic heterocycles. The van der Waals surface area contributed by atoms with Crippen LogP contribution in [0.2, 0.25) is 0 Å². The Morgan fingerprint density at radius 3 is 1.95 bits per heavy atom. The lowest BCUT2D eigenvalue weighted by molar-refractivity contribution is 0.478. The van der Waals surface area contributed by atoms with Gasteiger partial charge in [0.25, 0.3) is 10.1 Å². The fraction of sp³-hybridized carbons (Fsp3) is 0.556. The third-order valence-electron chi connectivity index (χ3n) is 3.63. The summed E-state index contributed by atoms with van der Waals surface area (Å²) in [6, 6.07) is 10.3. The largest absolute Gasteiger partial charge is 0.286 e. The van der Waals surface area contributed by atoms with Crippen LogP contribution >= 0.6 is 0 Å². The quantitative estimate of drug-likeness (QED) is 0.430. The smallest absolute Gasteiger partial charge is 0.264 e. The molecule has 0 atom stereocenters. The molecule has 3 nitrogen and oxygen atoms in total. The Morgan fingerprint density at radius 1 is 0.818 bits per heavy atom. The molecule has 22 heavy (non-hydrogen) atoms. The van der Waals surface area contributed by atoms with E-state index in [4.69, 9.17) is 4.55 Å². The molecule has 0 spiro atoms. The molecule has 0 amide bonds. The maximum atomic E-state index is 10.5. The van der Waals surface area contributed by atoms with Crippen molar-refractivity contribution >= 4 is 16.2 Å². The van der Waals surface area contributed by atoms with Gasteiger partial charge in [0, 0.05) is 0 Å². The van der Waals surface area contributed by atoms with Crippen molar-refractivity contribution in [1.82, 2.24) is 0 Å². The van der Waals surface area contributed by atoms with Crippen molar-refractivity contribution in [2.24, 2.45) is 0 Å². The first-order chi connectivity index (χ1) is 10.6. The predicted octanol–water partition coefficient (Wildman–Crippen LogP) is 5.10. The van der Waals surface area contributed by atoms with E-state index in [2.05, 4.69) is 36.4 Å². The Kier molecular flexibility index (Phi) is 9.84. The van der Waals surface area contributed by atoms with Crippen LogP contribution in [0, 0.1) is 0 Å². The maximum Gasteiger partial charge on any atom is 0.264 e. The Hall–Kier alpha value is -1.13. The minimum Gasteiger partial charge on any atom is -0.286 e. The van der Waals surface area contributed by atoms with Crippen LogP contribution in [0.1, 0.15) is 63.4 Å². The van der Waals surface area contributed by atoms with E-state index in [0.717, 1.165) is 25.7 Å². The molecular weight excluding hydrogens is 296 g/mol. The standard InChI is InChI=1S/C18H28O3S/c19-22(20,21)17-13-8-6-4-2-1-3-5-7-10-14-18-15-11-9-12-16-18/h9-12,14-16H,1-8,13,17H2,(H,19,20,21). The van der Waals surface area contributed by atoms with Crippen molar-refractivity contribution in [1.29, 1.82) is 0 Å². The third kappa shape index (κ3) is 11.5. The fourth-order valence-electron chi connectivity index (χ4n) is 2.39. The summed E-state index contributed by atoms with van der Waals surface area (Å²) in [5.74, 6) is -0.0965. The topological polar surface area (TPSA) is 54.4 Å². The lowest BCUT2D eigenvalue weighted by Crippen LogP contribution is -2.03. The van der Waals surface area contributed by atoms with Gasteiger partial charge in [-0.3, -0.25) is 4.55 Å². The summed E-state index contributed by atoms with van der Waals surface area (Å²) in [6.07, 6.45) is 14.2. The zero-order chi connectivity index (χ0) is 16.1. The zero-order valence-electron chi connectivity index (χ0n) is 13.3. The lowest BCUT2D eigenvalue weighted by Gasteiger charge is -2.01. The van der Waals surface area contributed by atoms with Crippen LogP contribution in [0.3, 0.4) is 0 Å². The van der Waals surface area contributed by atoms with Crippen molar-refractivity contribution in [2.75, 3.05) is 5.75 Å². The molecule has 1 N–H and O–H groups in total. The highest BCUT2D eigenvalue weighted by atomic mass is 32.2. The molecule has 0 fully saturated rings. The molecule has 0 aliphatic rings. The van der Waals surface area contributed by atoms with Crippen LogP contribution in [0.5, 0.6) is 0 Å². The molecule has 1 aromatic rings. The summed E-state index contributed by atoms with van der Waals surface area (Å²) in [4.78, 5) is 0. The van der Waals surface area contributed by atoms with Crippen LogP contribution in [-0.4, -0.2) is 18.7 Å². The molecule has 0 saturated carbocycles. The van der Waals surface area contributed by atoms with E-state index in [1.165, 1.54) is 31.2 Å². The summed E-state index contributed by atoms with van der Waals surface area (Å²) >= 11 is 0. The summed E-state index contributed by atoms with van der Waals surface area (Å²) < 4.78 is 29.7. The van der Waals surface area contributed by atoms with Gasteiger partial charge in [-0.1, -0.05) is 81.0 Å². The normalized spacial score (nSPS) is 12.0. The van der Waals surface area contributed by atoms with Gasteiger partial charge < -0.3 is 0 Å². The monoisotopic (exact) mass is 324 g/mol. The van der Waals surface area contributed by atoms with Crippen molar-refractivity contribution in [3.8, 4) is 0 Å². The van der Waals surface area contributed by atoms with Gasteiger partial charge in [-0.25, -0.2) is 0 Å². The molecule has 4 heteroatoms. The second-order valence-corrected chi connectivity index (χ2v) is 7.29. The molecule has 0 aliphatic carbocycles. The highest BCUT2D eigenvalue weighted by Crippen LogP contribution is 2.11. The van der Waals surface area contributed by atoms with Crippen LogP contribution in [0.4, 0.5) is 0 Å². The van der Waals surface area contributed by atoms with E-state index in [-0.39, 0.29) is 5.75 Å². The maximum absolute atomic E-state index is 10.5. The first-order valence-electron chi connectivity index (χ1n) is 8.25. The Bertz CT molecular complexity index is 506. The molecule has 0 unspecified atom stereocenters. The second kappa shape index (κ2) is 11.4. The van der Waals surface area contributed by atoms with Crippen LogP contribution in [0.25, 0.3) is 6.08 Å². The van der Waals surface area contributed by atoms with E-state index < -0.39 is 10.1 Å². The van der Waals surface area contributed by atoms with Crippen molar-refractivity contribution in [3.05, 3.63) is 42.0 Å². The number of benzene rings is 1. The van der Waals surface area contributed by atoms with Gasteiger partial charge in [-0.2, -0.15) is 8.42 Å². The highest BCUT2D eigenvalue weighted by Gasteiger charge is 2.02. The third-order valence-corrected chi connectivity index (χ3v) is 4.44. The number of allylic oxidation sites excluding steroid dienone is 1. The van der Waals surface area contributed by atoms with E-state index in [1.807, 2.05) is 6.07 Å². The number of hydrogen-bond acceptors (Lipinski definition) is 2. The average Bonchev–Trinajstić information content (AvgIpc) is 2.48. The molecule has 1 rings (SSSR count). The van der Waals surface area contributed by atoms with Gasteiger partial charge in [0.15, 0.2) is 0 Å². The first-order valence-corrected chi connectivity index (χ1v) is 9.85. The van der Waals surface area contributed by atoms with E-state index in [0.29, 0.717) is 6.42 Å². The molecule has 0 heterocycles. The van der Waals surface area contributed by atoms with E-state index >= 15 is 0 Å². The lowest BCUT2D eigenvalue weighted by atomic mass is 10.1. The minimum absolute atomic E-state index is 0.0965. The SMILES string of the molecule is O=S(=O)(O)CCCCCCCCCCC=Cc1ccccc1. The zero-order valence-corrected chi connectivity index (χ0v) is 14.1. The highest BCUT2D eigenvalue weighted by molar-refractivity contribution is 7.85. The minimum atomic E-state index is -3.76. The molecule has 124 valence electrons. The van der Waals surface area contributed by atoms with Crippen LogP contribution in [-0.2, 0) is 10.1 Å². The summed E-state index contributed by atoms with van der Waals surface area (Å²) in [7, 11) is -3.76. The van der Waals surface area contributed by atoms with E-state index in [9.17, 15) is 8.42 Å². The molecule has 0 bridgehead atoms. The van der Waals surface area contributed by atoms with Crippen molar-refractivity contribution in [2.45, 2.75) is 57.8 Å². The average molecular weight is 324 g/mol. The van der Waals surface area contributed by atoms with Crippen molar-refractivity contribution in [3.63, 3.8) is 0 Å². The first kappa shape index (κ1) is 18.9. The number of unbranched alkanes of at least 4 members (excludes halogenated alkanes) is 8. The Labute approximate surface area is 135 Å². The van der Waals surface area contributed by atoms with Crippen molar-refractivity contribution < 1.29 is 13.0 Å².